The molecule has 0 spiro atoms. The fraction of sp³-hybridized carbons (Fsp3) is 0.316. The molecular formula is C19H21BClN5O4. The van der Waals surface area contributed by atoms with E-state index in [-0.39, 0.29) is 17.5 Å². The van der Waals surface area contributed by atoms with Gasteiger partial charge in [-0.05, 0) is 30.6 Å². The number of rotatable bonds is 5. The van der Waals surface area contributed by atoms with Gasteiger partial charge in [-0.2, -0.15) is 5.10 Å². The Morgan fingerprint density at radius 1 is 1.53 bits per heavy atom. The number of hydrogen-bond donors (Lipinski definition) is 3. The molecule has 9 nitrogen and oxygen atoms in total. The molecule has 1 saturated heterocycles. The summed E-state index contributed by atoms with van der Waals surface area (Å²) in [5, 5.41) is 17.7. The molecule has 0 saturated carbocycles. The van der Waals surface area contributed by atoms with E-state index in [4.69, 9.17) is 26.7 Å². The third kappa shape index (κ3) is 4.07. The van der Waals surface area contributed by atoms with Crippen molar-refractivity contribution >= 4 is 47.4 Å². The van der Waals surface area contributed by atoms with E-state index in [0.29, 0.717) is 41.1 Å². The number of nitrogens with one attached hydrogen (secondary N) is 1. The largest absolute Gasteiger partial charge is 0.553 e. The molecule has 2 aromatic rings. The Labute approximate surface area is 178 Å². The Kier molecular flexibility index (Phi) is 5.80. The summed E-state index contributed by atoms with van der Waals surface area (Å²) in [6, 6.07) is 5.08. The summed E-state index contributed by atoms with van der Waals surface area (Å²) in [7, 11) is 0.647. The van der Waals surface area contributed by atoms with E-state index in [2.05, 4.69) is 15.4 Å². The van der Waals surface area contributed by atoms with Gasteiger partial charge in [-0.15, -0.1) is 0 Å². The molecular weight excluding hydrogens is 409 g/mol. The molecule has 2 aliphatic heterocycles. The highest BCUT2D eigenvalue weighted by Crippen LogP contribution is 2.36. The van der Waals surface area contributed by atoms with Gasteiger partial charge in [0.1, 0.15) is 11.3 Å². The Bertz CT molecular complexity index is 1020. The maximum atomic E-state index is 12.0. The predicted octanol–water partition coefficient (Wildman–Crippen LogP) is 2.00. The van der Waals surface area contributed by atoms with Crippen LogP contribution in [0.5, 0.6) is 5.75 Å². The van der Waals surface area contributed by atoms with E-state index < -0.39 is 13.0 Å². The molecule has 156 valence electrons. The minimum absolute atomic E-state index is 0.0908. The molecule has 0 bridgehead atoms. The molecule has 2 aliphatic rings. The predicted molar refractivity (Wildman–Crippen MR) is 115 cm³/mol. The SMILES string of the molecule is CN=CC1CCOC[C@@H]1n1cc(C(N)=O)c(Nc2ccc3c(c2)C(Cl)=CB(O)O3)n1. The number of anilines is 2. The zero-order valence-corrected chi connectivity index (χ0v) is 17.0. The number of fused-ring (bicyclic) bond motifs is 1. The van der Waals surface area contributed by atoms with Crippen molar-refractivity contribution in [3.63, 3.8) is 0 Å². The lowest BCUT2D eigenvalue weighted by Gasteiger charge is -2.29. The van der Waals surface area contributed by atoms with Gasteiger partial charge in [-0.1, -0.05) is 11.6 Å². The van der Waals surface area contributed by atoms with Crippen LogP contribution < -0.4 is 15.7 Å². The summed E-state index contributed by atoms with van der Waals surface area (Å²) in [5.74, 6) is 1.74. The normalized spacial score (nSPS) is 21.2. The highest BCUT2D eigenvalue weighted by atomic mass is 35.5. The summed E-state index contributed by atoms with van der Waals surface area (Å²) in [6.45, 7) is 1.12. The molecule has 0 aliphatic carbocycles. The fourth-order valence-corrected chi connectivity index (χ4v) is 3.88. The third-order valence-corrected chi connectivity index (χ3v) is 5.42. The minimum atomic E-state index is -1.08. The Morgan fingerprint density at radius 2 is 2.37 bits per heavy atom. The van der Waals surface area contributed by atoms with Gasteiger partial charge in [0.05, 0.1) is 12.6 Å². The van der Waals surface area contributed by atoms with Gasteiger partial charge in [-0.3, -0.25) is 9.48 Å². The van der Waals surface area contributed by atoms with Gasteiger partial charge in [0.25, 0.3) is 5.91 Å². The number of hydrogen-bond acceptors (Lipinski definition) is 7. The number of halogens is 1. The first-order valence-electron chi connectivity index (χ1n) is 9.48. The van der Waals surface area contributed by atoms with Gasteiger partial charge < -0.3 is 30.5 Å². The van der Waals surface area contributed by atoms with Gasteiger partial charge in [0.2, 0.25) is 0 Å². The molecule has 0 radical (unpaired) electrons. The smallest absolute Gasteiger partial charge is 0.532 e. The zero-order chi connectivity index (χ0) is 21.3. The second kappa shape index (κ2) is 8.51. The first-order chi connectivity index (χ1) is 14.5. The Hall–Kier alpha value is -2.82. The van der Waals surface area contributed by atoms with Crippen molar-refractivity contribution in [3.8, 4) is 5.75 Å². The molecule has 4 rings (SSSR count). The summed E-state index contributed by atoms with van der Waals surface area (Å²) in [6.07, 6.45) is 4.33. The van der Waals surface area contributed by atoms with Gasteiger partial charge in [0, 0.05) is 48.3 Å². The zero-order valence-electron chi connectivity index (χ0n) is 16.3. The van der Waals surface area contributed by atoms with Crippen LogP contribution in [0.4, 0.5) is 11.5 Å². The third-order valence-electron chi connectivity index (χ3n) is 5.09. The second-order valence-corrected chi connectivity index (χ2v) is 7.50. The molecule has 4 N–H and O–H groups in total. The average Bonchev–Trinajstić information content (AvgIpc) is 3.13. The van der Waals surface area contributed by atoms with Crippen molar-refractivity contribution in [1.82, 2.24) is 9.78 Å². The molecule has 1 fully saturated rings. The van der Waals surface area contributed by atoms with Crippen molar-refractivity contribution in [2.75, 3.05) is 25.6 Å². The number of aliphatic imine (C=N–C) groups is 1. The summed E-state index contributed by atoms with van der Waals surface area (Å²) >= 11 is 6.22. The summed E-state index contributed by atoms with van der Waals surface area (Å²) < 4.78 is 12.7. The minimum Gasteiger partial charge on any atom is -0.532 e. The van der Waals surface area contributed by atoms with E-state index in [1.165, 1.54) is 5.98 Å². The number of benzene rings is 1. The van der Waals surface area contributed by atoms with Crippen LogP contribution in [-0.4, -0.2) is 54.3 Å². The summed E-state index contributed by atoms with van der Waals surface area (Å²) in [4.78, 5) is 16.2. The molecule has 1 unspecified atom stereocenters. The lowest BCUT2D eigenvalue weighted by molar-refractivity contribution is 0.0385. The lowest BCUT2D eigenvalue weighted by Crippen LogP contribution is -2.31. The number of amides is 1. The van der Waals surface area contributed by atoms with Crippen molar-refractivity contribution in [2.24, 2.45) is 16.6 Å². The molecule has 1 amide bonds. The van der Waals surface area contributed by atoms with Crippen LogP contribution >= 0.6 is 11.6 Å². The number of aromatic nitrogens is 2. The number of primary amides is 1. The maximum Gasteiger partial charge on any atom is 0.553 e. The van der Waals surface area contributed by atoms with Crippen LogP contribution in [0, 0.1) is 5.92 Å². The van der Waals surface area contributed by atoms with Crippen LogP contribution in [0.25, 0.3) is 5.03 Å². The molecule has 2 atom stereocenters. The highest BCUT2D eigenvalue weighted by molar-refractivity contribution is 6.61. The highest BCUT2D eigenvalue weighted by Gasteiger charge is 2.29. The maximum absolute atomic E-state index is 12.0. The molecule has 3 heterocycles. The van der Waals surface area contributed by atoms with Gasteiger partial charge >= 0.3 is 7.12 Å². The van der Waals surface area contributed by atoms with Crippen LogP contribution in [0.1, 0.15) is 28.4 Å². The van der Waals surface area contributed by atoms with Crippen LogP contribution in [0.3, 0.4) is 0 Å². The van der Waals surface area contributed by atoms with E-state index in [0.717, 1.165) is 6.42 Å². The van der Waals surface area contributed by atoms with E-state index >= 15 is 0 Å². The first kappa shape index (κ1) is 20.5. The number of carbonyl (C=O) groups excluding carboxylic acids is 1. The van der Waals surface area contributed by atoms with E-state index in [9.17, 15) is 9.82 Å². The van der Waals surface area contributed by atoms with Crippen molar-refractivity contribution < 1.29 is 19.2 Å². The Morgan fingerprint density at radius 3 is 3.13 bits per heavy atom. The first-order valence-corrected chi connectivity index (χ1v) is 9.86. The molecule has 30 heavy (non-hydrogen) atoms. The van der Waals surface area contributed by atoms with Gasteiger partial charge in [0.15, 0.2) is 5.82 Å². The second-order valence-electron chi connectivity index (χ2n) is 7.10. The number of carbonyl (C=O) groups is 1. The fourth-order valence-electron chi connectivity index (χ4n) is 3.62. The van der Waals surface area contributed by atoms with Crippen molar-refractivity contribution in [1.29, 1.82) is 0 Å². The van der Waals surface area contributed by atoms with E-state index in [1.54, 1.807) is 36.1 Å². The average molecular weight is 430 g/mol. The van der Waals surface area contributed by atoms with Crippen molar-refractivity contribution in [3.05, 3.63) is 41.5 Å². The number of nitrogens with two attached hydrogens (primary N) is 1. The number of ether oxygens (including phenoxy) is 1. The van der Waals surface area contributed by atoms with Crippen LogP contribution in [0.15, 0.2) is 35.4 Å². The summed E-state index contributed by atoms with van der Waals surface area (Å²) in [5.41, 5.74) is 7.10. The lowest BCUT2D eigenvalue weighted by atomic mass is 9.86. The van der Waals surface area contributed by atoms with Gasteiger partial charge in [-0.25, -0.2) is 0 Å². The quantitative estimate of drug-likeness (QED) is 0.493. The molecule has 11 heteroatoms. The number of nitrogens with zero attached hydrogens (tertiary/aromatic N) is 3. The standard InChI is InChI=1S/C19H21BClN5O4/c1-23-8-11-4-5-29-10-16(11)26-9-14(18(22)27)19(25-26)24-12-2-3-17-13(6-12)15(21)7-20(28)30-17/h2-3,6-9,11,16,28H,4-5,10H2,1H3,(H2,22,27)(H,24,25)/t11?,16-/m0/s1. The molecule has 1 aromatic carbocycles. The molecule has 1 aromatic heterocycles. The van der Waals surface area contributed by atoms with Crippen LogP contribution in [-0.2, 0) is 4.74 Å². The van der Waals surface area contributed by atoms with Crippen molar-refractivity contribution in [2.45, 2.75) is 12.5 Å². The Balaban J connectivity index is 1.65. The van der Waals surface area contributed by atoms with Crippen LogP contribution in [0.2, 0.25) is 0 Å². The van der Waals surface area contributed by atoms with E-state index in [1.807, 2.05) is 6.21 Å². The monoisotopic (exact) mass is 429 g/mol. The topological polar surface area (TPSA) is 124 Å².